The summed E-state index contributed by atoms with van der Waals surface area (Å²) in [4.78, 5) is 8.32. The first-order valence-corrected chi connectivity index (χ1v) is 7.78. The van der Waals surface area contributed by atoms with Crippen LogP contribution in [0.4, 0.5) is 11.6 Å². The lowest BCUT2D eigenvalue weighted by atomic mass is 10.1. The van der Waals surface area contributed by atoms with Gasteiger partial charge in [0.25, 0.3) is 0 Å². The van der Waals surface area contributed by atoms with Crippen molar-refractivity contribution >= 4 is 38.4 Å². The molecule has 1 fully saturated rings. The molecule has 2 heterocycles. The van der Waals surface area contributed by atoms with Crippen LogP contribution in [0.15, 0.2) is 10.8 Å². The van der Waals surface area contributed by atoms with Crippen LogP contribution >= 0.6 is 15.9 Å². The van der Waals surface area contributed by atoms with Gasteiger partial charge in [-0.25, -0.2) is 9.97 Å². The summed E-state index contributed by atoms with van der Waals surface area (Å²) < 4.78 is 12.1. The lowest BCUT2D eigenvalue weighted by Crippen LogP contribution is -2.29. The van der Waals surface area contributed by atoms with E-state index in [2.05, 4.69) is 36.5 Å². The standard InChI is InChI=1S/C10H15BrN4OS/c1-12-9-8(11)10(14-6-13-9)15-7-2-4-17(16)5-3-7/h6-7H,2-5H2,1H3,(H2,12,13,14,15). The van der Waals surface area contributed by atoms with E-state index in [0.717, 1.165) is 40.5 Å². The van der Waals surface area contributed by atoms with Crippen molar-refractivity contribution in [1.29, 1.82) is 0 Å². The third kappa shape index (κ3) is 3.16. The van der Waals surface area contributed by atoms with Crippen molar-refractivity contribution in [1.82, 2.24) is 9.97 Å². The van der Waals surface area contributed by atoms with Gasteiger partial charge in [0.05, 0.1) is 0 Å². The summed E-state index contributed by atoms with van der Waals surface area (Å²) in [6.07, 6.45) is 3.38. The Bertz CT molecular complexity index is 419. The molecule has 0 amide bonds. The first-order chi connectivity index (χ1) is 8.20. The van der Waals surface area contributed by atoms with Crippen LogP contribution in [0.3, 0.4) is 0 Å². The second-order valence-electron chi connectivity index (χ2n) is 3.90. The van der Waals surface area contributed by atoms with Gasteiger partial charge in [-0.2, -0.15) is 0 Å². The quantitative estimate of drug-likeness (QED) is 0.886. The molecule has 2 N–H and O–H groups in total. The highest BCUT2D eigenvalue weighted by atomic mass is 79.9. The molecular formula is C10H15BrN4OS. The van der Waals surface area contributed by atoms with Crippen LogP contribution in [-0.2, 0) is 10.8 Å². The van der Waals surface area contributed by atoms with Gasteiger partial charge in [-0.1, -0.05) is 0 Å². The molecule has 1 aromatic rings. The maximum atomic E-state index is 11.3. The van der Waals surface area contributed by atoms with Gasteiger partial charge in [0.15, 0.2) is 0 Å². The molecule has 0 atom stereocenters. The van der Waals surface area contributed by atoms with Crippen LogP contribution in [0.1, 0.15) is 12.8 Å². The number of nitrogens with one attached hydrogen (secondary N) is 2. The molecule has 0 aliphatic carbocycles. The lowest BCUT2D eigenvalue weighted by Gasteiger charge is -2.23. The average molecular weight is 319 g/mol. The Balaban J connectivity index is 2.06. The summed E-state index contributed by atoms with van der Waals surface area (Å²) in [6, 6.07) is 0.351. The first kappa shape index (κ1) is 12.8. The maximum Gasteiger partial charge on any atom is 0.146 e. The number of anilines is 2. The smallest absolute Gasteiger partial charge is 0.146 e. The third-order valence-electron chi connectivity index (χ3n) is 2.76. The predicted molar refractivity (Wildman–Crippen MR) is 73.8 cm³/mol. The molecule has 1 aromatic heterocycles. The number of hydrogen-bond acceptors (Lipinski definition) is 5. The van der Waals surface area contributed by atoms with Crippen molar-refractivity contribution in [3.8, 4) is 0 Å². The molecule has 1 aliphatic heterocycles. The fourth-order valence-corrected chi connectivity index (χ4v) is 3.59. The average Bonchev–Trinajstić information content (AvgIpc) is 2.35. The van der Waals surface area contributed by atoms with Gasteiger partial charge in [0, 0.05) is 35.4 Å². The van der Waals surface area contributed by atoms with E-state index in [4.69, 9.17) is 0 Å². The minimum absolute atomic E-state index is 0.351. The van der Waals surface area contributed by atoms with Crippen LogP contribution in [0.5, 0.6) is 0 Å². The maximum absolute atomic E-state index is 11.3. The van der Waals surface area contributed by atoms with E-state index in [-0.39, 0.29) is 0 Å². The molecule has 5 nitrogen and oxygen atoms in total. The number of nitrogens with zero attached hydrogens (tertiary/aromatic N) is 2. The number of hydrogen-bond donors (Lipinski definition) is 2. The van der Waals surface area contributed by atoms with E-state index in [1.54, 1.807) is 0 Å². The zero-order valence-corrected chi connectivity index (χ0v) is 12.0. The second-order valence-corrected chi connectivity index (χ2v) is 6.39. The van der Waals surface area contributed by atoms with Crippen molar-refractivity contribution in [3.63, 3.8) is 0 Å². The van der Waals surface area contributed by atoms with Crippen LogP contribution in [0.25, 0.3) is 0 Å². The summed E-state index contributed by atoms with van der Waals surface area (Å²) >= 11 is 3.47. The zero-order valence-electron chi connectivity index (χ0n) is 9.57. The van der Waals surface area contributed by atoms with E-state index in [1.165, 1.54) is 6.33 Å². The monoisotopic (exact) mass is 318 g/mol. The van der Waals surface area contributed by atoms with E-state index >= 15 is 0 Å². The lowest BCUT2D eigenvalue weighted by molar-refractivity contribution is 0.622. The van der Waals surface area contributed by atoms with Crippen LogP contribution in [0.2, 0.25) is 0 Å². The summed E-state index contributed by atoms with van der Waals surface area (Å²) in [6.45, 7) is 0. The van der Waals surface area contributed by atoms with Crippen molar-refractivity contribution in [3.05, 3.63) is 10.8 Å². The highest BCUT2D eigenvalue weighted by molar-refractivity contribution is 9.10. The summed E-state index contributed by atoms with van der Waals surface area (Å²) in [7, 11) is 1.19. The molecule has 0 unspecified atom stereocenters. The molecular weight excluding hydrogens is 304 g/mol. The van der Waals surface area contributed by atoms with Crippen LogP contribution in [-0.4, -0.2) is 38.8 Å². The van der Waals surface area contributed by atoms with Gasteiger partial charge >= 0.3 is 0 Å². The van der Waals surface area contributed by atoms with E-state index in [0.29, 0.717) is 6.04 Å². The molecule has 94 valence electrons. The highest BCUT2D eigenvalue weighted by Gasteiger charge is 2.19. The molecule has 17 heavy (non-hydrogen) atoms. The van der Waals surface area contributed by atoms with Crippen LogP contribution < -0.4 is 10.6 Å². The summed E-state index contributed by atoms with van der Waals surface area (Å²) in [5, 5.41) is 6.37. The molecule has 0 radical (unpaired) electrons. The van der Waals surface area contributed by atoms with E-state index in [1.807, 2.05) is 7.05 Å². The minimum Gasteiger partial charge on any atom is -0.372 e. The van der Waals surface area contributed by atoms with Gasteiger partial charge in [0.1, 0.15) is 22.4 Å². The first-order valence-electron chi connectivity index (χ1n) is 5.50. The third-order valence-corrected chi connectivity index (χ3v) is 4.89. The molecule has 1 saturated heterocycles. The van der Waals surface area contributed by atoms with Crippen molar-refractivity contribution < 1.29 is 4.21 Å². The Labute approximate surface area is 111 Å². The summed E-state index contributed by atoms with van der Waals surface area (Å²) in [5.74, 6) is 3.11. The van der Waals surface area contributed by atoms with E-state index < -0.39 is 10.8 Å². The van der Waals surface area contributed by atoms with Crippen molar-refractivity contribution in [2.45, 2.75) is 18.9 Å². The fourth-order valence-electron chi connectivity index (χ4n) is 1.78. The predicted octanol–water partition coefficient (Wildman–Crippen LogP) is 1.60. The Morgan fingerprint density at radius 2 is 2.00 bits per heavy atom. The van der Waals surface area contributed by atoms with Gasteiger partial charge in [-0.3, -0.25) is 4.21 Å². The summed E-state index contributed by atoms with van der Waals surface area (Å²) in [5.41, 5.74) is 0. The molecule has 0 bridgehead atoms. The fraction of sp³-hybridized carbons (Fsp3) is 0.600. The topological polar surface area (TPSA) is 66.9 Å². The SMILES string of the molecule is CNc1ncnc(NC2CCS(=O)CC2)c1Br. The molecule has 7 heteroatoms. The largest absolute Gasteiger partial charge is 0.372 e. The molecule has 0 aromatic carbocycles. The van der Waals surface area contributed by atoms with Crippen molar-refractivity contribution in [2.75, 3.05) is 29.2 Å². The zero-order chi connectivity index (χ0) is 12.3. The normalized spacial score (nSPS) is 24.4. The van der Waals surface area contributed by atoms with Gasteiger partial charge in [-0.15, -0.1) is 0 Å². The molecule has 1 aliphatic rings. The molecule has 2 rings (SSSR count). The van der Waals surface area contributed by atoms with Gasteiger partial charge < -0.3 is 10.6 Å². The van der Waals surface area contributed by atoms with E-state index in [9.17, 15) is 4.21 Å². The Morgan fingerprint density at radius 3 is 2.65 bits per heavy atom. The Hall–Kier alpha value is -0.690. The molecule has 0 saturated carbocycles. The minimum atomic E-state index is -0.627. The Morgan fingerprint density at radius 1 is 1.35 bits per heavy atom. The number of aromatic nitrogens is 2. The Kier molecular flexibility index (Phi) is 4.33. The van der Waals surface area contributed by atoms with Gasteiger partial charge in [-0.05, 0) is 28.8 Å². The number of rotatable bonds is 3. The van der Waals surface area contributed by atoms with Crippen LogP contribution in [0, 0.1) is 0 Å². The molecule has 0 spiro atoms. The van der Waals surface area contributed by atoms with Crippen molar-refractivity contribution in [2.24, 2.45) is 0 Å². The van der Waals surface area contributed by atoms with Gasteiger partial charge in [0.2, 0.25) is 0 Å². The second kappa shape index (κ2) is 5.77. The number of halogens is 1. The highest BCUT2D eigenvalue weighted by Crippen LogP contribution is 2.27.